The molecule has 0 fully saturated rings. The molecular formula is C22H35IN6O2. The predicted molar refractivity (Wildman–Crippen MR) is 134 cm³/mol. The third-order valence-corrected chi connectivity index (χ3v) is 5.44. The van der Waals surface area contributed by atoms with Gasteiger partial charge >= 0.3 is 0 Å². The zero-order valence-corrected chi connectivity index (χ0v) is 21.4. The summed E-state index contributed by atoms with van der Waals surface area (Å²) in [7, 11) is 5.38. The molecule has 0 atom stereocenters. The van der Waals surface area contributed by atoms with Crippen molar-refractivity contribution in [2.75, 3.05) is 34.4 Å². The standard InChI is InChI=1S/C22H34N6O2.HI/c1-5-23-22(24-16-21-26-25-20-9-7-6-8-13-28(20)21)27(2)14-12-17-10-11-18(29-3)19(15-17)30-4;/h10-11,15H,5-9,12-14,16H2,1-4H3,(H,23,24);1H. The van der Waals surface area contributed by atoms with Gasteiger partial charge in [-0.2, -0.15) is 0 Å². The molecule has 1 aromatic heterocycles. The van der Waals surface area contributed by atoms with Crippen LogP contribution < -0.4 is 14.8 Å². The molecule has 3 rings (SSSR count). The third-order valence-electron chi connectivity index (χ3n) is 5.44. The van der Waals surface area contributed by atoms with E-state index in [1.54, 1.807) is 14.2 Å². The summed E-state index contributed by atoms with van der Waals surface area (Å²) < 4.78 is 13.0. The number of nitrogens with one attached hydrogen (secondary N) is 1. The van der Waals surface area contributed by atoms with E-state index in [0.717, 1.165) is 61.6 Å². The Morgan fingerprint density at radius 3 is 2.71 bits per heavy atom. The van der Waals surface area contributed by atoms with Crippen molar-refractivity contribution in [1.29, 1.82) is 0 Å². The number of guanidine groups is 1. The van der Waals surface area contributed by atoms with E-state index in [4.69, 9.17) is 14.5 Å². The average molecular weight is 542 g/mol. The van der Waals surface area contributed by atoms with Crippen molar-refractivity contribution in [3.05, 3.63) is 35.4 Å². The number of fused-ring (bicyclic) bond motifs is 1. The Labute approximate surface area is 202 Å². The number of aryl methyl sites for hydroxylation is 1. The molecule has 9 heteroatoms. The summed E-state index contributed by atoms with van der Waals surface area (Å²) in [5.41, 5.74) is 1.19. The Hall–Kier alpha value is -2.04. The van der Waals surface area contributed by atoms with Crippen LogP contribution in [0, 0.1) is 0 Å². The van der Waals surface area contributed by atoms with E-state index in [-0.39, 0.29) is 24.0 Å². The van der Waals surface area contributed by atoms with Crippen LogP contribution in [0.5, 0.6) is 11.5 Å². The Balaban J connectivity index is 0.00000341. The van der Waals surface area contributed by atoms with Gasteiger partial charge in [-0.05, 0) is 43.9 Å². The zero-order valence-electron chi connectivity index (χ0n) is 19.1. The zero-order chi connectivity index (χ0) is 21.3. The largest absolute Gasteiger partial charge is 0.493 e. The molecule has 172 valence electrons. The van der Waals surface area contributed by atoms with Gasteiger partial charge in [0.05, 0.1) is 14.2 Å². The highest BCUT2D eigenvalue weighted by Crippen LogP contribution is 2.27. The lowest BCUT2D eigenvalue weighted by Crippen LogP contribution is -2.40. The number of hydrogen-bond acceptors (Lipinski definition) is 5. The fourth-order valence-electron chi connectivity index (χ4n) is 3.72. The predicted octanol–water partition coefficient (Wildman–Crippen LogP) is 3.28. The van der Waals surface area contributed by atoms with Gasteiger partial charge in [-0.3, -0.25) is 0 Å². The quantitative estimate of drug-likeness (QED) is 0.314. The molecule has 0 saturated heterocycles. The second-order valence-electron chi connectivity index (χ2n) is 7.53. The molecule has 0 aliphatic carbocycles. The van der Waals surface area contributed by atoms with Crippen LogP contribution in [-0.2, 0) is 25.9 Å². The monoisotopic (exact) mass is 542 g/mol. The van der Waals surface area contributed by atoms with E-state index in [1.165, 1.54) is 24.8 Å². The van der Waals surface area contributed by atoms with Crippen molar-refractivity contribution in [1.82, 2.24) is 25.0 Å². The molecule has 0 unspecified atom stereocenters. The molecule has 0 bridgehead atoms. The minimum absolute atomic E-state index is 0. The number of ether oxygens (including phenoxy) is 2. The van der Waals surface area contributed by atoms with E-state index >= 15 is 0 Å². The minimum atomic E-state index is 0. The second kappa shape index (κ2) is 12.7. The van der Waals surface area contributed by atoms with Crippen LogP contribution in [0.4, 0.5) is 0 Å². The van der Waals surface area contributed by atoms with E-state index in [0.29, 0.717) is 6.54 Å². The van der Waals surface area contributed by atoms with Gasteiger partial charge < -0.3 is 24.3 Å². The lowest BCUT2D eigenvalue weighted by Gasteiger charge is -2.22. The maximum Gasteiger partial charge on any atom is 0.194 e. The first-order chi connectivity index (χ1) is 14.7. The fourth-order valence-corrected chi connectivity index (χ4v) is 3.72. The van der Waals surface area contributed by atoms with E-state index in [2.05, 4.69) is 45.0 Å². The van der Waals surface area contributed by atoms with E-state index in [1.807, 2.05) is 12.1 Å². The Kier molecular flexibility index (Phi) is 10.4. The first kappa shape index (κ1) is 25.2. The maximum atomic E-state index is 5.41. The first-order valence-electron chi connectivity index (χ1n) is 10.8. The SMILES string of the molecule is CCNC(=NCc1nnc2n1CCCCC2)N(C)CCc1ccc(OC)c(OC)c1.I. The normalized spacial score (nSPS) is 13.6. The summed E-state index contributed by atoms with van der Waals surface area (Å²) in [5.74, 6) is 4.44. The van der Waals surface area contributed by atoms with Gasteiger partial charge in [0, 0.05) is 33.1 Å². The minimum Gasteiger partial charge on any atom is -0.493 e. The Morgan fingerprint density at radius 2 is 1.97 bits per heavy atom. The van der Waals surface area contributed by atoms with Crippen molar-refractivity contribution in [3.63, 3.8) is 0 Å². The van der Waals surface area contributed by atoms with Crippen molar-refractivity contribution in [2.45, 2.75) is 52.1 Å². The third kappa shape index (κ3) is 6.72. The molecule has 2 aromatic rings. The maximum absolute atomic E-state index is 5.41. The van der Waals surface area contributed by atoms with Crippen LogP contribution in [0.15, 0.2) is 23.2 Å². The number of likely N-dealkylation sites (N-methyl/N-ethyl adjacent to an activating group) is 1. The number of aromatic nitrogens is 3. The highest BCUT2D eigenvalue weighted by atomic mass is 127. The fraction of sp³-hybridized carbons (Fsp3) is 0.591. The lowest BCUT2D eigenvalue weighted by atomic mass is 10.1. The number of aliphatic imine (C=N–C) groups is 1. The molecule has 1 aromatic carbocycles. The van der Waals surface area contributed by atoms with Crippen molar-refractivity contribution >= 4 is 29.9 Å². The van der Waals surface area contributed by atoms with Gasteiger partial charge in [-0.25, -0.2) is 4.99 Å². The Morgan fingerprint density at radius 1 is 1.16 bits per heavy atom. The summed E-state index contributed by atoms with van der Waals surface area (Å²) in [6, 6.07) is 6.05. The first-order valence-corrected chi connectivity index (χ1v) is 10.8. The topological polar surface area (TPSA) is 76.8 Å². The van der Waals surface area contributed by atoms with Gasteiger partial charge in [-0.1, -0.05) is 12.5 Å². The van der Waals surface area contributed by atoms with Gasteiger partial charge in [0.1, 0.15) is 12.4 Å². The highest BCUT2D eigenvalue weighted by molar-refractivity contribution is 14.0. The molecule has 0 saturated carbocycles. The summed E-state index contributed by atoms with van der Waals surface area (Å²) in [5, 5.41) is 12.2. The van der Waals surface area contributed by atoms with E-state index in [9.17, 15) is 0 Å². The summed E-state index contributed by atoms with van der Waals surface area (Å²) in [6.07, 6.45) is 5.53. The smallest absolute Gasteiger partial charge is 0.194 e. The molecule has 31 heavy (non-hydrogen) atoms. The van der Waals surface area contributed by atoms with Crippen LogP contribution in [0.1, 0.15) is 43.4 Å². The lowest BCUT2D eigenvalue weighted by molar-refractivity contribution is 0.354. The molecule has 2 heterocycles. The van der Waals surface area contributed by atoms with Crippen LogP contribution in [0.25, 0.3) is 0 Å². The van der Waals surface area contributed by atoms with Crippen LogP contribution in [0.2, 0.25) is 0 Å². The number of methoxy groups -OCH3 is 2. The van der Waals surface area contributed by atoms with E-state index < -0.39 is 0 Å². The van der Waals surface area contributed by atoms with Gasteiger partial charge in [0.2, 0.25) is 0 Å². The number of hydrogen-bond donors (Lipinski definition) is 1. The molecule has 1 aliphatic heterocycles. The van der Waals surface area contributed by atoms with Gasteiger partial charge in [-0.15, -0.1) is 34.2 Å². The number of nitrogens with zero attached hydrogens (tertiary/aromatic N) is 5. The number of benzene rings is 1. The van der Waals surface area contributed by atoms with Crippen LogP contribution in [-0.4, -0.2) is 60.0 Å². The van der Waals surface area contributed by atoms with Crippen molar-refractivity contribution in [3.8, 4) is 11.5 Å². The molecule has 0 amide bonds. The molecule has 1 N–H and O–H groups in total. The summed E-state index contributed by atoms with van der Waals surface area (Å²) in [4.78, 5) is 6.98. The molecule has 8 nitrogen and oxygen atoms in total. The van der Waals surface area contributed by atoms with Gasteiger partial charge in [0.25, 0.3) is 0 Å². The second-order valence-corrected chi connectivity index (χ2v) is 7.53. The van der Waals surface area contributed by atoms with Crippen molar-refractivity contribution in [2.24, 2.45) is 4.99 Å². The van der Waals surface area contributed by atoms with Crippen LogP contribution in [0.3, 0.4) is 0 Å². The molecular weight excluding hydrogens is 507 g/mol. The molecule has 1 aliphatic rings. The number of halogens is 1. The average Bonchev–Trinajstić information content (AvgIpc) is 3.00. The summed E-state index contributed by atoms with van der Waals surface area (Å²) >= 11 is 0. The van der Waals surface area contributed by atoms with Crippen molar-refractivity contribution < 1.29 is 9.47 Å². The Bertz CT molecular complexity index is 855. The highest BCUT2D eigenvalue weighted by Gasteiger charge is 2.15. The summed E-state index contributed by atoms with van der Waals surface area (Å²) in [6.45, 7) is 5.27. The molecule has 0 radical (unpaired) electrons. The van der Waals surface area contributed by atoms with Crippen LogP contribution >= 0.6 is 24.0 Å². The number of rotatable bonds is 8. The van der Waals surface area contributed by atoms with Gasteiger partial charge in [0.15, 0.2) is 23.3 Å². The molecule has 0 spiro atoms.